The van der Waals surface area contributed by atoms with Crippen LogP contribution in [0.1, 0.15) is 40.6 Å². The van der Waals surface area contributed by atoms with Crippen LogP contribution in [0.25, 0.3) is 0 Å². The van der Waals surface area contributed by atoms with Gasteiger partial charge in [0.1, 0.15) is 11.6 Å². The molecular formula is C15H16N4S. The summed E-state index contributed by atoms with van der Waals surface area (Å²) in [6, 6.07) is 6.88. The first-order chi connectivity index (χ1) is 9.72. The first kappa shape index (κ1) is 13.1. The predicted octanol–water partition coefficient (Wildman–Crippen LogP) is 3.37. The minimum Gasteiger partial charge on any atom is -0.346 e. The molecule has 2 aromatic rings. The molecular weight excluding hydrogens is 268 g/mol. The number of anilines is 1. The van der Waals surface area contributed by atoms with Gasteiger partial charge in [-0.25, -0.2) is 0 Å². The fraction of sp³-hybridized carbons (Fsp3) is 0.400. The number of aromatic nitrogens is 2. The zero-order chi connectivity index (χ0) is 14.1. The topological polar surface area (TPSA) is 52.8 Å². The van der Waals surface area contributed by atoms with E-state index in [1.807, 2.05) is 13.8 Å². The largest absolute Gasteiger partial charge is 0.346 e. The standard InChI is InChI=1S/C15H16N4S/c1-10-11(2)17-18-15(12(10)9-16)19-7-3-5-13(19)14-6-4-8-20-14/h4,6,8,13H,3,5,7H2,1-2H3. The average molecular weight is 284 g/mol. The normalized spacial score (nSPS) is 18.2. The van der Waals surface area contributed by atoms with Crippen LogP contribution in [0.2, 0.25) is 0 Å². The molecule has 0 aromatic carbocycles. The third-order valence-electron chi connectivity index (χ3n) is 3.94. The van der Waals surface area contributed by atoms with E-state index in [0.29, 0.717) is 11.6 Å². The molecule has 2 aromatic heterocycles. The van der Waals surface area contributed by atoms with Crippen molar-refractivity contribution < 1.29 is 0 Å². The van der Waals surface area contributed by atoms with Gasteiger partial charge in [0.25, 0.3) is 0 Å². The molecule has 102 valence electrons. The van der Waals surface area contributed by atoms with E-state index < -0.39 is 0 Å². The molecule has 0 saturated carbocycles. The van der Waals surface area contributed by atoms with Gasteiger partial charge in [-0.15, -0.1) is 16.4 Å². The van der Waals surface area contributed by atoms with E-state index in [1.54, 1.807) is 11.3 Å². The van der Waals surface area contributed by atoms with Crippen molar-refractivity contribution in [3.63, 3.8) is 0 Å². The minimum atomic E-state index is 0.332. The number of thiophene rings is 1. The number of aryl methyl sites for hydroxylation is 1. The van der Waals surface area contributed by atoms with Gasteiger partial charge in [-0.3, -0.25) is 0 Å². The van der Waals surface area contributed by atoms with E-state index in [2.05, 4.69) is 38.7 Å². The van der Waals surface area contributed by atoms with Crippen molar-refractivity contribution in [1.82, 2.24) is 10.2 Å². The Hall–Kier alpha value is -1.93. The van der Waals surface area contributed by atoms with Gasteiger partial charge in [-0.05, 0) is 43.7 Å². The molecule has 0 amide bonds. The molecule has 1 fully saturated rings. The van der Waals surface area contributed by atoms with Crippen molar-refractivity contribution in [2.24, 2.45) is 0 Å². The van der Waals surface area contributed by atoms with E-state index in [-0.39, 0.29) is 0 Å². The molecule has 0 aliphatic carbocycles. The van der Waals surface area contributed by atoms with Gasteiger partial charge < -0.3 is 4.90 Å². The van der Waals surface area contributed by atoms with Crippen molar-refractivity contribution in [2.45, 2.75) is 32.7 Å². The Labute approximate surface area is 122 Å². The molecule has 0 N–H and O–H groups in total. The highest BCUT2D eigenvalue weighted by molar-refractivity contribution is 7.10. The third kappa shape index (κ3) is 2.06. The molecule has 1 aliphatic heterocycles. The highest BCUT2D eigenvalue weighted by atomic mass is 32.1. The maximum absolute atomic E-state index is 9.46. The van der Waals surface area contributed by atoms with Crippen molar-refractivity contribution in [1.29, 1.82) is 5.26 Å². The molecule has 3 heterocycles. The maximum atomic E-state index is 9.46. The Morgan fingerprint density at radius 2 is 2.25 bits per heavy atom. The lowest BCUT2D eigenvalue weighted by Gasteiger charge is -2.25. The lowest BCUT2D eigenvalue weighted by molar-refractivity contribution is 0.715. The summed E-state index contributed by atoms with van der Waals surface area (Å²) < 4.78 is 0. The third-order valence-corrected chi connectivity index (χ3v) is 4.92. The first-order valence-electron chi connectivity index (χ1n) is 6.76. The Morgan fingerprint density at radius 3 is 2.95 bits per heavy atom. The Morgan fingerprint density at radius 1 is 1.40 bits per heavy atom. The van der Waals surface area contributed by atoms with Gasteiger partial charge in [0.05, 0.1) is 11.7 Å². The second kappa shape index (κ2) is 5.22. The van der Waals surface area contributed by atoms with Crippen LogP contribution in [0.5, 0.6) is 0 Å². The van der Waals surface area contributed by atoms with Gasteiger partial charge in [-0.1, -0.05) is 6.07 Å². The molecule has 0 radical (unpaired) electrons. The summed E-state index contributed by atoms with van der Waals surface area (Å²) in [5.74, 6) is 0.742. The maximum Gasteiger partial charge on any atom is 0.170 e. The van der Waals surface area contributed by atoms with Gasteiger partial charge >= 0.3 is 0 Å². The summed E-state index contributed by atoms with van der Waals surface area (Å²) in [4.78, 5) is 3.58. The van der Waals surface area contributed by atoms with E-state index in [9.17, 15) is 5.26 Å². The number of hydrogen-bond donors (Lipinski definition) is 0. The summed E-state index contributed by atoms with van der Waals surface area (Å²) in [6.07, 6.45) is 2.24. The second-order valence-electron chi connectivity index (χ2n) is 5.09. The van der Waals surface area contributed by atoms with Gasteiger partial charge in [0, 0.05) is 11.4 Å². The van der Waals surface area contributed by atoms with Crippen LogP contribution in [0.3, 0.4) is 0 Å². The van der Waals surface area contributed by atoms with E-state index >= 15 is 0 Å². The van der Waals surface area contributed by atoms with Crippen LogP contribution in [0.15, 0.2) is 17.5 Å². The van der Waals surface area contributed by atoms with Crippen molar-refractivity contribution in [3.05, 3.63) is 39.2 Å². The highest BCUT2D eigenvalue weighted by Gasteiger charge is 2.30. The molecule has 0 bridgehead atoms. The SMILES string of the molecule is Cc1nnc(N2CCCC2c2cccs2)c(C#N)c1C. The van der Waals surface area contributed by atoms with E-state index in [4.69, 9.17) is 0 Å². The molecule has 4 nitrogen and oxygen atoms in total. The van der Waals surface area contributed by atoms with Gasteiger partial charge in [0.2, 0.25) is 0 Å². The molecule has 0 spiro atoms. The second-order valence-corrected chi connectivity index (χ2v) is 6.07. The molecule has 20 heavy (non-hydrogen) atoms. The highest BCUT2D eigenvalue weighted by Crippen LogP contribution is 2.38. The summed E-state index contributed by atoms with van der Waals surface area (Å²) in [5, 5.41) is 20.1. The fourth-order valence-electron chi connectivity index (χ4n) is 2.73. The molecule has 5 heteroatoms. The molecule has 3 rings (SSSR count). The Balaban J connectivity index is 2.05. The summed E-state index contributed by atoms with van der Waals surface area (Å²) in [6.45, 7) is 4.78. The van der Waals surface area contributed by atoms with E-state index in [1.165, 1.54) is 4.88 Å². The van der Waals surface area contributed by atoms with Crippen molar-refractivity contribution in [2.75, 3.05) is 11.4 Å². The molecule has 1 aliphatic rings. The fourth-order valence-corrected chi connectivity index (χ4v) is 3.60. The summed E-state index contributed by atoms with van der Waals surface area (Å²) in [7, 11) is 0. The monoisotopic (exact) mass is 284 g/mol. The van der Waals surface area contributed by atoms with Crippen LogP contribution in [0, 0.1) is 25.2 Å². The quantitative estimate of drug-likeness (QED) is 0.848. The zero-order valence-electron chi connectivity index (χ0n) is 11.6. The van der Waals surface area contributed by atoms with Crippen LogP contribution in [0.4, 0.5) is 5.82 Å². The van der Waals surface area contributed by atoms with Crippen LogP contribution in [-0.4, -0.2) is 16.7 Å². The van der Waals surface area contributed by atoms with E-state index in [0.717, 1.165) is 36.5 Å². The Bertz CT molecular complexity index is 657. The lowest BCUT2D eigenvalue weighted by atomic mass is 10.1. The predicted molar refractivity (Wildman–Crippen MR) is 79.9 cm³/mol. The number of rotatable bonds is 2. The number of nitriles is 1. The molecule has 1 unspecified atom stereocenters. The lowest BCUT2D eigenvalue weighted by Crippen LogP contribution is -2.25. The van der Waals surface area contributed by atoms with Gasteiger partial charge in [-0.2, -0.15) is 10.4 Å². The molecule has 1 atom stereocenters. The number of hydrogen-bond acceptors (Lipinski definition) is 5. The average Bonchev–Trinajstić information content (AvgIpc) is 3.10. The summed E-state index contributed by atoms with van der Waals surface area (Å²) >= 11 is 1.77. The smallest absolute Gasteiger partial charge is 0.170 e. The first-order valence-corrected chi connectivity index (χ1v) is 7.64. The van der Waals surface area contributed by atoms with Crippen LogP contribution >= 0.6 is 11.3 Å². The zero-order valence-corrected chi connectivity index (χ0v) is 12.4. The van der Waals surface area contributed by atoms with Gasteiger partial charge in [0.15, 0.2) is 5.82 Å². The van der Waals surface area contributed by atoms with Crippen LogP contribution < -0.4 is 4.90 Å². The minimum absolute atomic E-state index is 0.332. The number of nitrogens with zero attached hydrogens (tertiary/aromatic N) is 4. The van der Waals surface area contributed by atoms with Crippen molar-refractivity contribution in [3.8, 4) is 6.07 Å². The molecule has 1 saturated heterocycles. The Kier molecular flexibility index (Phi) is 3.41. The van der Waals surface area contributed by atoms with Crippen LogP contribution in [-0.2, 0) is 0 Å². The summed E-state index contributed by atoms with van der Waals surface area (Å²) in [5.41, 5.74) is 2.44. The van der Waals surface area contributed by atoms with Crippen molar-refractivity contribution >= 4 is 17.2 Å².